The molecule has 0 atom stereocenters. The zero-order chi connectivity index (χ0) is 15.0. The summed E-state index contributed by atoms with van der Waals surface area (Å²) in [5, 5.41) is 5.12. The lowest BCUT2D eigenvalue weighted by Crippen LogP contribution is -2.37. The molecule has 0 spiro atoms. The van der Waals surface area contributed by atoms with Crippen molar-refractivity contribution in [1.82, 2.24) is 9.88 Å². The third-order valence-corrected chi connectivity index (χ3v) is 3.44. The quantitative estimate of drug-likeness (QED) is 0.741. The van der Waals surface area contributed by atoms with Crippen molar-refractivity contribution in [3.05, 3.63) is 11.1 Å². The second kappa shape index (κ2) is 8.65. The smallest absolute Gasteiger partial charge is 0.245 e. The van der Waals surface area contributed by atoms with E-state index in [0.717, 1.165) is 12.1 Å². The molecule has 0 fully saturated rings. The number of hydrogen-bond donors (Lipinski definition) is 1. The highest BCUT2D eigenvalue weighted by atomic mass is 32.1. The Balaban J connectivity index is 2.40. The molecule has 0 aliphatic heterocycles. The van der Waals surface area contributed by atoms with Crippen molar-refractivity contribution in [3.63, 3.8) is 0 Å². The lowest BCUT2D eigenvalue weighted by Gasteiger charge is -2.20. The predicted molar refractivity (Wildman–Crippen MR) is 78.8 cm³/mol. The van der Waals surface area contributed by atoms with Crippen molar-refractivity contribution >= 4 is 28.3 Å². The van der Waals surface area contributed by atoms with Crippen molar-refractivity contribution in [2.45, 2.75) is 27.2 Å². The second-order valence-corrected chi connectivity index (χ2v) is 5.19. The number of anilines is 1. The highest BCUT2D eigenvalue weighted by Crippen LogP contribution is 2.14. The van der Waals surface area contributed by atoms with Crippen LogP contribution in [0, 0.1) is 6.92 Å². The van der Waals surface area contributed by atoms with Gasteiger partial charge in [0.05, 0.1) is 12.2 Å². The molecule has 1 N–H and O–H groups in total. The fourth-order valence-corrected chi connectivity index (χ4v) is 2.30. The third-order valence-electron chi connectivity index (χ3n) is 2.57. The molecule has 20 heavy (non-hydrogen) atoms. The zero-order valence-corrected chi connectivity index (χ0v) is 13.0. The van der Waals surface area contributed by atoms with Gasteiger partial charge in [-0.2, -0.15) is 0 Å². The molecule has 6 nitrogen and oxygen atoms in total. The minimum absolute atomic E-state index is 0.0418. The van der Waals surface area contributed by atoms with Crippen molar-refractivity contribution in [3.8, 4) is 0 Å². The van der Waals surface area contributed by atoms with E-state index in [0.29, 0.717) is 24.9 Å². The summed E-state index contributed by atoms with van der Waals surface area (Å²) in [6, 6.07) is 0. The number of amides is 2. The number of rotatable bonds is 8. The molecule has 7 heteroatoms. The SMILES string of the molecule is CCOCCCN(CC(=O)Nc1nc(C)cs1)C(C)=O. The molecule has 1 aromatic heterocycles. The van der Waals surface area contributed by atoms with Gasteiger partial charge >= 0.3 is 0 Å². The molecule has 0 radical (unpaired) electrons. The Labute approximate surface area is 123 Å². The van der Waals surface area contributed by atoms with E-state index in [1.165, 1.54) is 23.2 Å². The van der Waals surface area contributed by atoms with Crippen LogP contribution < -0.4 is 5.32 Å². The van der Waals surface area contributed by atoms with E-state index < -0.39 is 0 Å². The molecule has 0 saturated carbocycles. The maximum atomic E-state index is 11.9. The molecule has 1 rings (SSSR count). The summed E-state index contributed by atoms with van der Waals surface area (Å²) in [5.41, 5.74) is 0.866. The molecule has 0 saturated heterocycles. The summed E-state index contributed by atoms with van der Waals surface area (Å²) >= 11 is 1.37. The van der Waals surface area contributed by atoms with Crippen LogP contribution in [0.2, 0.25) is 0 Å². The van der Waals surface area contributed by atoms with Crippen LogP contribution in [0.25, 0.3) is 0 Å². The van der Waals surface area contributed by atoms with Crippen molar-refractivity contribution in [2.75, 3.05) is 31.6 Å². The summed E-state index contributed by atoms with van der Waals surface area (Å²) in [6.45, 7) is 7.05. The summed E-state index contributed by atoms with van der Waals surface area (Å²) in [5.74, 6) is -0.349. The maximum Gasteiger partial charge on any atom is 0.245 e. The van der Waals surface area contributed by atoms with Crippen molar-refractivity contribution in [2.24, 2.45) is 0 Å². The van der Waals surface area contributed by atoms with Crippen molar-refractivity contribution in [1.29, 1.82) is 0 Å². The van der Waals surface area contributed by atoms with Gasteiger partial charge in [-0.15, -0.1) is 11.3 Å². The number of hydrogen-bond acceptors (Lipinski definition) is 5. The van der Waals surface area contributed by atoms with E-state index in [-0.39, 0.29) is 18.4 Å². The van der Waals surface area contributed by atoms with Gasteiger partial charge in [-0.3, -0.25) is 9.59 Å². The van der Waals surface area contributed by atoms with Gasteiger partial charge in [-0.1, -0.05) is 0 Å². The van der Waals surface area contributed by atoms with E-state index in [4.69, 9.17) is 4.74 Å². The molecule has 1 heterocycles. The fourth-order valence-electron chi connectivity index (χ4n) is 1.59. The Morgan fingerprint density at radius 1 is 1.50 bits per heavy atom. The molecule has 0 aromatic carbocycles. The minimum atomic E-state index is -0.231. The predicted octanol–water partition coefficient (Wildman–Crippen LogP) is 1.67. The molecule has 0 aliphatic rings. The highest BCUT2D eigenvalue weighted by molar-refractivity contribution is 7.13. The first-order chi connectivity index (χ1) is 9.52. The van der Waals surface area contributed by atoms with E-state index in [1.54, 1.807) is 0 Å². The molecular weight excluding hydrogens is 278 g/mol. The standard InChI is InChI=1S/C13H21N3O3S/c1-4-19-7-5-6-16(11(3)17)8-12(18)15-13-14-10(2)9-20-13/h9H,4-8H2,1-3H3,(H,14,15,18). The normalized spacial score (nSPS) is 10.3. The fraction of sp³-hybridized carbons (Fsp3) is 0.615. The number of carbonyl (C=O) groups excluding carboxylic acids is 2. The van der Waals surface area contributed by atoms with Crippen LogP contribution in [-0.2, 0) is 14.3 Å². The van der Waals surface area contributed by atoms with Gasteiger partial charge in [0, 0.05) is 32.1 Å². The molecule has 112 valence electrons. The third kappa shape index (κ3) is 6.12. The largest absolute Gasteiger partial charge is 0.382 e. The Morgan fingerprint density at radius 3 is 2.80 bits per heavy atom. The van der Waals surface area contributed by atoms with Crippen LogP contribution in [-0.4, -0.2) is 48.0 Å². The molecule has 1 aromatic rings. The molecule has 0 unspecified atom stereocenters. The van der Waals surface area contributed by atoms with Gasteiger partial charge in [-0.05, 0) is 20.3 Å². The Hall–Kier alpha value is -1.47. The highest BCUT2D eigenvalue weighted by Gasteiger charge is 2.14. The van der Waals surface area contributed by atoms with E-state index >= 15 is 0 Å². The lowest BCUT2D eigenvalue weighted by atomic mass is 10.3. The van der Waals surface area contributed by atoms with Crippen molar-refractivity contribution < 1.29 is 14.3 Å². The van der Waals surface area contributed by atoms with Crippen LogP contribution in [0.1, 0.15) is 26.0 Å². The lowest BCUT2D eigenvalue weighted by molar-refractivity contribution is -0.132. The number of aryl methyl sites for hydroxylation is 1. The first-order valence-electron chi connectivity index (χ1n) is 6.58. The topological polar surface area (TPSA) is 71.5 Å². The minimum Gasteiger partial charge on any atom is -0.382 e. The van der Waals surface area contributed by atoms with E-state index in [2.05, 4.69) is 10.3 Å². The van der Waals surface area contributed by atoms with Gasteiger partial charge in [0.1, 0.15) is 0 Å². The van der Waals surface area contributed by atoms with E-state index in [9.17, 15) is 9.59 Å². The summed E-state index contributed by atoms with van der Waals surface area (Å²) in [6.07, 6.45) is 0.719. The summed E-state index contributed by atoms with van der Waals surface area (Å²) < 4.78 is 5.22. The zero-order valence-electron chi connectivity index (χ0n) is 12.1. The van der Waals surface area contributed by atoms with Gasteiger partial charge in [-0.25, -0.2) is 4.98 Å². The number of nitrogens with zero attached hydrogens (tertiary/aromatic N) is 2. The Kier molecular flexibility index (Phi) is 7.17. The molecule has 2 amide bonds. The number of thiazole rings is 1. The van der Waals surface area contributed by atoms with Gasteiger partial charge in [0.25, 0.3) is 0 Å². The number of ether oxygens (including phenoxy) is 1. The first-order valence-corrected chi connectivity index (χ1v) is 7.46. The Morgan fingerprint density at radius 2 is 2.25 bits per heavy atom. The summed E-state index contributed by atoms with van der Waals surface area (Å²) in [7, 11) is 0. The average molecular weight is 299 g/mol. The van der Waals surface area contributed by atoms with Crippen LogP contribution in [0.15, 0.2) is 5.38 Å². The molecule has 0 bridgehead atoms. The average Bonchev–Trinajstić information content (AvgIpc) is 2.78. The van der Waals surface area contributed by atoms with Gasteiger partial charge in [0.2, 0.25) is 11.8 Å². The number of nitrogens with one attached hydrogen (secondary N) is 1. The molecule has 0 aliphatic carbocycles. The van der Waals surface area contributed by atoms with Crippen LogP contribution in [0.4, 0.5) is 5.13 Å². The Bertz CT molecular complexity index is 448. The van der Waals surface area contributed by atoms with Gasteiger partial charge < -0.3 is 15.0 Å². The molecular formula is C13H21N3O3S. The summed E-state index contributed by atoms with van der Waals surface area (Å²) in [4.78, 5) is 29.0. The second-order valence-electron chi connectivity index (χ2n) is 4.33. The maximum absolute atomic E-state index is 11.9. The number of aromatic nitrogens is 1. The van der Waals surface area contributed by atoms with E-state index in [1.807, 2.05) is 19.2 Å². The first kappa shape index (κ1) is 16.6. The number of carbonyl (C=O) groups is 2. The van der Waals surface area contributed by atoms with Crippen LogP contribution in [0.5, 0.6) is 0 Å². The van der Waals surface area contributed by atoms with Gasteiger partial charge in [0.15, 0.2) is 5.13 Å². The van der Waals surface area contributed by atoms with Crippen LogP contribution in [0.3, 0.4) is 0 Å². The monoisotopic (exact) mass is 299 g/mol. The van der Waals surface area contributed by atoms with Crippen LogP contribution >= 0.6 is 11.3 Å².